The highest BCUT2D eigenvalue weighted by molar-refractivity contribution is 7.89. The van der Waals surface area contributed by atoms with Crippen LogP contribution in [0.2, 0.25) is 0 Å². The Morgan fingerprint density at radius 3 is 2.48 bits per heavy atom. The van der Waals surface area contributed by atoms with Gasteiger partial charge in [-0.1, -0.05) is 34.1 Å². The molecule has 0 amide bonds. The van der Waals surface area contributed by atoms with Gasteiger partial charge in [-0.15, -0.1) is 0 Å². The van der Waals surface area contributed by atoms with Gasteiger partial charge in [-0.05, 0) is 19.8 Å². The van der Waals surface area contributed by atoms with Crippen LogP contribution < -0.4 is 10.0 Å². The van der Waals surface area contributed by atoms with Crippen LogP contribution in [-0.2, 0) is 16.6 Å². The summed E-state index contributed by atoms with van der Waals surface area (Å²) in [6, 6.07) is 0.245. The van der Waals surface area contributed by atoms with Crippen LogP contribution in [0.3, 0.4) is 0 Å². The smallest absolute Gasteiger partial charge is 0.260 e. The van der Waals surface area contributed by atoms with E-state index < -0.39 is 10.0 Å². The van der Waals surface area contributed by atoms with Crippen molar-refractivity contribution in [2.45, 2.75) is 77.5 Å². The first kappa shape index (κ1) is 18.1. The lowest BCUT2D eigenvalue weighted by molar-refractivity contribution is 0.508. The molecule has 0 aliphatic rings. The molecule has 1 aromatic heterocycles. The fourth-order valence-corrected chi connectivity index (χ4v) is 3.69. The van der Waals surface area contributed by atoms with Gasteiger partial charge in [-0.3, -0.25) is 5.10 Å². The zero-order valence-electron chi connectivity index (χ0n) is 13.7. The van der Waals surface area contributed by atoms with Crippen LogP contribution in [0.5, 0.6) is 0 Å². The summed E-state index contributed by atoms with van der Waals surface area (Å²) in [6.45, 7) is 10.4. The standard InChI is InChI=1S/C14H28N4O2S/c1-6-8-12(7-2)18-21(19,20)14-13(9-15-10(3)4)11(5)16-17-14/h10,12,15,18H,6-9H2,1-5H3,(H,16,17). The van der Waals surface area contributed by atoms with Gasteiger partial charge in [-0.2, -0.15) is 5.10 Å². The number of hydrogen-bond acceptors (Lipinski definition) is 4. The Bertz CT molecular complexity index is 537. The molecule has 0 aromatic carbocycles. The third kappa shape index (κ3) is 5.09. The van der Waals surface area contributed by atoms with Crippen molar-refractivity contribution >= 4 is 10.0 Å². The second-order valence-corrected chi connectivity index (χ2v) is 7.31. The van der Waals surface area contributed by atoms with Gasteiger partial charge in [-0.25, -0.2) is 13.1 Å². The molecule has 1 rings (SSSR count). The summed E-state index contributed by atoms with van der Waals surface area (Å²) in [6.07, 6.45) is 2.55. The van der Waals surface area contributed by atoms with Crippen LogP contribution in [-0.4, -0.2) is 30.7 Å². The van der Waals surface area contributed by atoms with Gasteiger partial charge in [0.1, 0.15) is 0 Å². The molecule has 0 saturated heterocycles. The van der Waals surface area contributed by atoms with Gasteiger partial charge in [0.05, 0.1) is 0 Å². The van der Waals surface area contributed by atoms with Crippen molar-refractivity contribution in [3.63, 3.8) is 0 Å². The minimum absolute atomic E-state index is 0.0390. The predicted octanol–water partition coefficient (Wildman–Crippen LogP) is 2.07. The van der Waals surface area contributed by atoms with Crippen LogP contribution in [0.15, 0.2) is 5.03 Å². The summed E-state index contributed by atoms with van der Waals surface area (Å²) >= 11 is 0. The van der Waals surface area contributed by atoms with Crippen molar-refractivity contribution in [3.05, 3.63) is 11.3 Å². The summed E-state index contributed by atoms with van der Waals surface area (Å²) in [4.78, 5) is 0. The van der Waals surface area contributed by atoms with E-state index >= 15 is 0 Å². The average molecular weight is 316 g/mol. The summed E-state index contributed by atoms with van der Waals surface area (Å²) < 4.78 is 27.8. The maximum atomic E-state index is 12.5. The van der Waals surface area contributed by atoms with Gasteiger partial charge in [0, 0.05) is 29.9 Å². The monoisotopic (exact) mass is 316 g/mol. The molecule has 6 nitrogen and oxygen atoms in total. The molecule has 0 spiro atoms. The molecular formula is C14H28N4O2S. The Morgan fingerprint density at radius 1 is 1.29 bits per heavy atom. The summed E-state index contributed by atoms with van der Waals surface area (Å²) in [5.74, 6) is 0. The van der Waals surface area contributed by atoms with Crippen molar-refractivity contribution in [1.29, 1.82) is 0 Å². The molecule has 122 valence electrons. The third-order valence-corrected chi connectivity index (χ3v) is 4.92. The van der Waals surface area contributed by atoms with Crippen molar-refractivity contribution in [3.8, 4) is 0 Å². The maximum Gasteiger partial charge on any atom is 0.260 e. The summed E-state index contributed by atoms with van der Waals surface area (Å²) in [5.41, 5.74) is 1.50. The van der Waals surface area contributed by atoms with Gasteiger partial charge in [0.2, 0.25) is 0 Å². The minimum Gasteiger partial charge on any atom is -0.310 e. The fourth-order valence-electron chi connectivity index (χ4n) is 2.14. The number of sulfonamides is 1. The SMILES string of the molecule is CCCC(CC)NS(=O)(=O)c1n[nH]c(C)c1CNC(C)C. The number of rotatable bonds is 9. The molecule has 3 N–H and O–H groups in total. The minimum atomic E-state index is -3.58. The van der Waals surface area contributed by atoms with E-state index in [1.54, 1.807) is 0 Å². The molecule has 0 aliphatic heterocycles. The second-order valence-electron chi connectivity index (χ2n) is 5.68. The topological polar surface area (TPSA) is 86.9 Å². The van der Waals surface area contributed by atoms with Crippen molar-refractivity contribution in [2.75, 3.05) is 0 Å². The van der Waals surface area contributed by atoms with Crippen molar-refractivity contribution < 1.29 is 8.42 Å². The van der Waals surface area contributed by atoms with E-state index in [0.29, 0.717) is 12.1 Å². The number of aromatic amines is 1. The Kier molecular flexibility index (Phi) is 6.83. The first-order chi connectivity index (χ1) is 9.81. The molecule has 0 aliphatic carbocycles. The van der Waals surface area contributed by atoms with Gasteiger partial charge in [0.25, 0.3) is 10.0 Å². The quantitative estimate of drug-likeness (QED) is 0.651. The predicted molar refractivity (Wildman–Crippen MR) is 84.6 cm³/mol. The highest BCUT2D eigenvalue weighted by atomic mass is 32.2. The van der Waals surface area contributed by atoms with E-state index in [1.807, 2.05) is 34.6 Å². The highest BCUT2D eigenvalue weighted by Crippen LogP contribution is 2.17. The van der Waals surface area contributed by atoms with Crippen LogP contribution in [0, 0.1) is 6.92 Å². The molecule has 0 saturated carbocycles. The zero-order valence-corrected chi connectivity index (χ0v) is 14.5. The van der Waals surface area contributed by atoms with Gasteiger partial charge < -0.3 is 5.32 Å². The summed E-state index contributed by atoms with van der Waals surface area (Å²) in [5, 5.41) is 10.1. The Morgan fingerprint density at radius 2 is 1.95 bits per heavy atom. The third-order valence-electron chi connectivity index (χ3n) is 3.43. The summed E-state index contributed by atoms with van der Waals surface area (Å²) in [7, 11) is -3.58. The Labute approximate surface area is 128 Å². The fraction of sp³-hybridized carbons (Fsp3) is 0.786. The number of nitrogens with one attached hydrogen (secondary N) is 3. The number of nitrogens with zero attached hydrogens (tertiary/aromatic N) is 1. The number of hydrogen-bond donors (Lipinski definition) is 3. The van der Waals surface area contributed by atoms with Crippen LogP contribution in [0.25, 0.3) is 0 Å². The highest BCUT2D eigenvalue weighted by Gasteiger charge is 2.25. The van der Waals surface area contributed by atoms with Crippen LogP contribution in [0.1, 0.15) is 58.2 Å². The van der Waals surface area contributed by atoms with Gasteiger partial charge >= 0.3 is 0 Å². The average Bonchev–Trinajstić information content (AvgIpc) is 2.77. The van der Waals surface area contributed by atoms with E-state index in [2.05, 4.69) is 20.2 Å². The molecule has 0 fully saturated rings. The molecule has 1 unspecified atom stereocenters. The first-order valence-electron chi connectivity index (χ1n) is 7.61. The van der Waals surface area contributed by atoms with E-state index in [9.17, 15) is 8.42 Å². The molecule has 1 aromatic rings. The van der Waals surface area contributed by atoms with Crippen LogP contribution >= 0.6 is 0 Å². The number of aromatic nitrogens is 2. The number of aryl methyl sites for hydroxylation is 1. The maximum absolute atomic E-state index is 12.5. The molecule has 0 bridgehead atoms. The largest absolute Gasteiger partial charge is 0.310 e. The van der Waals surface area contributed by atoms with Crippen LogP contribution in [0.4, 0.5) is 0 Å². The first-order valence-corrected chi connectivity index (χ1v) is 9.09. The molecule has 1 atom stereocenters. The molecule has 21 heavy (non-hydrogen) atoms. The van der Waals surface area contributed by atoms with E-state index in [4.69, 9.17) is 0 Å². The molecule has 0 radical (unpaired) electrons. The normalized spacial score (nSPS) is 13.8. The van der Waals surface area contributed by atoms with Crippen molar-refractivity contribution in [1.82, 2.24) is 20.2 Å². The molecule has 7 heteroatoms. The lowest BCUT2D eigenvalue weighted by Crippen LogP contribution is -2.35. The molecular weight excluding hydrogens is 288 g/mol. The number of H-pyrrole nitrogens is 1. The van der Waals surface area contributed by atoms with E-state index in [0.717, 1.165) is 25.0 Å². The lowest BCUT2D eigenvalue weighted by Gasteiger charge is -2.16. The zero-order chi connectivity index (χ0) is 16.0. The van der Waals surface area contributed by atoms with Crippen molar-refractivity contribution in [2.24, 2.45) is 0 Å². The molecule has 1 heterocycles. The van der Waals surface area contributed by atoms with E-state index in [-0.39, 0.29) is 17.1 Å². The second kappa shape index (κ2) is 7.91. The Balaban J connectivity index is 2.97. The van der Waals surface area contributed by atoms with Gasteiger partial charge in [0.15, 0.2) is 5.03 Å². The lowest BCUT2D eigenvalue weighted by atomic mass is 10.1. The van der Waals surface area contributed by atoms with E-state index in [1.165, 1.54) is 0 Å². The Hall–Kier alpha value is -0.920.